The number of carbonyl (C=O) groups excluding carboxylic acids is 1. The van der Waals surface area contributed by atoms with Crippen molar-refractivity contribution in [2.75, 3.05) is 26.3 Å². The third-order valence-electron chi connectivity index (χ3n) is 4.30. The summed E-state index contributed by atoms with van der Waals surface area (Å²) >= 11 is 0. The van der Waals surface area contributed by atoms with Crippen molar-refractivity contribution in [2.24, 2.45) is 11.8 Å². The molecule has 1 amide bonds. The van der Waals surface area contributed by atoms with Crippen LogP contribution in [0.5, 0.6) is 0 Å². The largest absolute Gasteiger partial charge is 0.396 e. The van der Waals surface area contributed by atoms with Crippen molar-refractivity contribution in [1.29, 1.82) is 0 Å². The van der Waals surface area contributed by atoms with E-state index < -0.39 is 0 Å². The minimum absolute atomic E-state index is 0.0721. The van der Waals surface area contributed by atoms with Gasteiger partial charge in [0, 0.05) is 26.3 Å². The first kappa shape index (κ1) is 13.8. The lowest BCUT2D eigenvalue weighted by atomic mass is 9.92. The van der Waals surface area contributed by atoms with Gasteiger partial charge >= 0.3 is 0 Å². The predicted molar refractivity (Wildman–Crippen MR) is 69.1 cm³/mol. The summed E-state index contributed by atoms with van der Waals surface area (Å²) in [5.41, 5.74) is 0. The van der Waals surface area contributed by atoms with Gasteiger partial charge < -0.3 is 14.7 Å². The number of nitrogens with zero attached hydrogens (tertiary/aromatic N) is 1. The molecule has 0 aliphatic carbocycles. The quantitative estimate of drug-likeness (QED) is 0.826. The van der Waals surface area contributed by atoms with Gasteiger partial charge in [0.25, 0.3) is 0 Å². The highest BCUT2D eigenvalue weighted by atomic mass is 16.5. The third-order valence-corrected chi connectivity index (χ3v) is 4.30. The van der Waals surface area contributed by atoms with Crippen LogP contribution in [0.2, 0.25) is 0 Å². The molecule has 4 heteroatoms. The van der Waals surface area contributed by atoms with Crippen molar-refractivity contribution in [3.05, 3.63) is 0 Å². The summed E-state index contributed by atoms with van der Waals surface area (Å²) in [6.07, 6.45) is 4.95. The average molecular weight is 255 g/mol. The maximum atomic E-state index is 12.5. The summed E-state index contributed by atoms with van der Waals surface area (Å²) in [7, 11) is 0. The molecule has 0 aromatic heterocycles. The number of carbonyl (C=O) groups is 1. The summed E-state index contributed by atoms with van der Waals surface area (Å²) < 4.78 is 5.61. The molecule has 2 heterocycles. The molecule has 2 aliphatic rings. The number of ether oxygens (including phenoxy) is 1. The van der Waals surface area contributed by atoms with Crippen LogP contribution in [0, 0.1) is 11.8 Å². The summed E-state index contributed by atoms with van der Waals surface area (Å²) in [5.74, 6) is 0.833. The Hall–Kier alpha value is -0.610. The number of hydrogen-bond acceptors (Lipinski definition) is 3. The van der Waals surface area contributed by atoms with Crippen LogP contribution in [0.15, 0.2) is 0 Å². The number of likely N-dealkylation sites (tertiary alicyclic amines) is 1. The molecule has 3 unspecified atom stereocenters. The predicted octanol–water partition coefficient (Wildman–Crippen LogP) is 1.42. The van der Waals surface area contributed by atoms with Crippen molar-refractivity contribution in [3.8, 4) is 0 Å². The zero-order valence-corrected chi connectivity index (χ0v) is 11.3. The van der Waals surface area contributed by atoms with Crippen LogP contribution in [0.1, 0.15) is 39.0 Å². The fourth-order valence-electron chi connectivity index (χ4n) is 3.25. The fraction of sp³-hybridized carbons (Fsp3) is 0.929. The second-order valence-electron chi connectivity index (χ2n) is 5.52. The molecule has 0 radical (unpaired) electrons. The SMILES string of the molecule is CCC1OCCC1C(=O)N1CCCC(CCO)C1. The molecule has 2 saturated heterocycles. The molecule has 2 rings (SSSR count). The summed E-state index contributed by atoms with van der Waals surface area (Å²) in [6, 6.07) is 0. The summed E-state index contributed by atoms with van der Waals surface area (Å²) in [4.78, 5) is 14.5. The van der Waals surface area contributed by atoms with Crippen LogP contribution < -0.4 is 0 Å². The van der Waals surface area contributed by atoms with Gasteiger partial charge in [-0.1, -0.05) is 6.92 Å². The van der Waals surface area contributed by atoms with E-state index in [1.165, 1.54) is 0 Å². The first-order chi connectivity index (χ1) is 8.76. The molecule has 3 atom stereocenters. The Bertz CT molecular complexity index is 280. The standard InChI is InChI=1S/C14H25NO3/c1-2-13-12(6-9-18-13)14(17)15-7-3-4-11(10-15)5-8-16/h11-13,16H,2-10H2,1H3. The Labute approximate surface area is 109 Å². The second kappa shape index (κ2) is 6.53. The van der Waals surface area contributed by atoms with E-state index in [0.29, 0.717) is 5.92 Å². The zero-order valence-electron chi connectivity index (χ0n) is 11.3. The van der Waals surface area contributed by atoms with Gasteiger partial charge in [-0.3, -0.25) is 4.79 Å². The molecular weight excluding hydrogens is 230 g/mol. The molecule has 0 aromatic rings. The smallest absolute Gasteiger partial charge is 0.228 e. The van der Waals surface area contributed by atoms with Crippen molar-refractivity contribution >= 4 is 5.91 Å². The van der Waals surface area contributed by atoms with E-state index in [9.17, 15) is 4.79 Å². The molecule has 0 saturated carbocycles. The molecule has 0 bridgehead atoms. The van der Waals surface area contributed by atoms with E-state index in [1.807, 2.05) is 4.90 Å². The van der Waals surface area contributed by atoms with E-state index >= 15 is 0 Å². The Morgan fingerprint density at radius 3 is 3.00 bits per heavy atom. The first-order valence-electron chi connectivity index (χ1n) is 7.27. The minimum Gasteiger partial charge on any atom is -0.396 e. The molecule has 0 spiro atoms. The molecule has 18 heavy (non-hydrogen) atoms. The summed E-state index contributed by atoms with van der Waals surface area (Å²) in [6.45, 7) is 4.75. The van der Waals surface area contributed by atoms with Crippen LogP contribution in [0.4, 0.5) is 0 Å². The Kier molecular flexibility index (Phi) is 5.01. The third kappa shape index (κ3) is 3.04. The van der Waals surface area contributed by atoms with E-state index in [-0.39, 0.29) is 24.5 Å². The molecule has 4 nitrogen and oxygen atoms in total. The number of hydrogen-bond donors (Lipinski definition) is 1. The van der Waals surface area contributed by atoms with Gasteiger partial charge in [-0.2, -0.15) is 0 Å². The lowest BCUT2D eigenvalue weighted by molar-refractivity contribution is -0.139. The maximum Gasteiger partial charge on any atom is 0.228 e. The van der Waals surface area contributed by atoms with E-state index in [4.69, 9.17) is 9.84 Å². The molecule has 104 valence electrons. The van der Waals surface area contributed by atoms with Crippen LogP contribution in [-0.4, -0.2) is 48.3 Å². The van der Waals surface area contributed by atoms with E-state index in [1.54, 1.807) is 0 Å². The van der Waals surface area contributed by atoms with Gasteiger partial charge in [0.05, 0.1) is 12.0 Å². The number of rotatable bonds is 4. The highest BCUT2D eigenvalue weighted by molar-refractivity contribution is 5.79. The van der Waals surface area contributed by atoms with Gasteiger partial charge in [-0.25, -0.2) is 0 Å². The first-order valence-corrected chi connectivity index (χ1v) is 7.27. The fourth-order valence-corrected chi connectivity index (χ4v) is 3.25. The van der Waals surface area contributed by atoms with Crippen LogP contribution in [-0.2, 0) is 9.53 Å². The minimum atomic E-state index is 0.0721. The number of amides is 1. The number of aliphatic hydroxyl groups excluding tert-OH is 1. The molecule has 0 aromatic carbocycles. The van der Waals surface area contributed by atoms with Gasteiger partial charge in [-0.05, 0) is 38.0 Å². The zero-order chi connectivity index (χ0) is 13.0. The maximum absolute atomic E-state index is 12.5. The molecule has 2 aliphatic heterocycles. The van der Waals surface area contributed by atoms with Gasteiger partial charge in [0.15, 0.2) is 0 Å². The van der Waals surface area contributed by atoms with Gasteiger partial charge in [0.2, 0.25) is 5.91 Å². The highest BCUT2D eigenvalue weighted by Gasteiger charge is 2.36. The van der Waals surface area contributed by atoms with Crippen molar-refractivity contribution in [1.82, 2.24) is 4.90 Å². The average Bonchev–Trinajstić information content (AvgIpc) is 2.87. The topological polar surface area (TPSA) is 49.8 Å². The lowest BCUT2D eigenvalue weighted by Gasteiger charge is -2.35. The van der Waals surface area contributed by atoms with Crippen molar-refractivity contribution in [3.63, 3.8) is 0 Å². The van der Waals surface area contributed by atoms with Crippen molar-refractivity contribution in [2.45, 2.75) is 45.1 Å². The molecule has 2 fully saturated rings. The van der Waals surface area contributed by atoms with Gasteiger partial charge in [-0.15, -0.1) is 0 Å². The van der Waals surface area contributed by atoms with Crippen LogP contribution in [0.25, 0.3) is 0 Å². The Morgan fingerprint density at radius 1 is 1.44 bits per heavy atom. The van der Waals surface area contributed by atoms with Crippen LogP contribution in [0.3, 0.4) is 0 Å². The van der Waals surface area contributed by atoms with Gasteiger partial charge in [0.1, 0.15) is 0 Å². The number of aliphatic hydroxyl groups is 1. The Morgan fingerprint density at radius 2 is 2.28 bits per heavy atom. The van der Waals surface area contributed by atoms with E-state index in [2.05, 4.69) is 6.92 Å². The molecular formula is C14H25NO3. The Balaban J connectivity index is 1.91. The van der Waals surface area contributed by atoms with E-state index in [0.717, 1.165) is 51.8 Å². The van der Waals surface area contributed by atoms with Crippen molar-refractivity contribution < 1.29 is 14.6 Å². The second-order valence-corrected chi connectivity index (χ2v) is 5.52. The summed E-state index contributed by atoms with van der Waals surface area (Å²) in [5, 5.41) is 9.01. The number of piperidine rings is 1. The highest BCUT2D eigenvalue weighted by Crippen LogP contribution is 2.28. The molecule has 1 N–H and O–H groups in total. The monoisotopic (exact) mass is 255 g/mol. The van der Waals surface area contributed by atoms with Crippen LogP contribution >= 0.6 is 0 Å². The normalized spacial score (nSPS) is 32.8. The lowest BCUT2D eigenvalue weighted by Crippen LogP contribution is -2.44.